The second-order valence-corrected chi connectivity index (χ2v) is 2.87. The average Bonchev–Trinajstić information content (AvgIpc) is 2.54. The largest absolute Gasteiger partial charge is 0.461 e. The quantitative estimate of drug-likeness (QED) is 0.559. The highest BCUT2D eigenvalue weighted by Gasteiger charge is 2.12. The van der Waals surface area contributed by atoms with Gasteiger partial charge in [-0.1, -0.05) is 11.3 Å². The molecular weight excluding hydrogens is 194 g/mol. The van der Waals surface area contributed by atoms with Crippen LogP contribution in [0.25, 0.3) is 0 Å². The Bertz CT molecular complexity index is 312. The van der Waals surface area contributed by atoms with Crippen LogP contribution in [0.1, 0.15) is 16.7 Å². The van der Waals surface area contributed by atoms with Crippen molar-refractivity contribution in [3.63, 3.8) is 0 Å². The zero-order chi connectivity index (χ0) is 9.68. The molecule has 0 radical (unpaired) electrons. The molecule has 1 rings (SSSR count). The van der Waals surface area contributed by atoms with Crippen LogP contribution in [0.5, 0.6) is 0 Å². The Labute approximate surface area is 77.9 Å². The van der Waals surface area contributed by atoms with E-state index in [2.05, 4.69) is 20.3 Å². The highest BCUT2D eigenvalue weighted by molar-refractivity contribution is 7.17. The first-order chi connectivity index (χ1) is 6.27. The van der Waals surface area contributed by atoms with Gasteiger partial charge in [0.2, 0.25) is 16.5 Å². The van der Waals surface area contributed by atoms with Gasteiger partial charge in [0.15, 0.2) is 0 Å². The number of hydrogen-bond acceptors (Lipinski definition) is 6. The van der Waals surface area contributed by atoms with Crippen LogP contribution in [0.2, 0.25) is 0 Å². The summed E-state index contributed by atoms with van der Waals surface area (Å²) >= 11 is 0.966. The number of anilines is 1. The van der Waals surface area contributed by atoms with Gasteiger partial charge in [0.1, 0.15) is 0 Å². The van der Waals surface area contributed by atoms with Crippen LogP contribution in [0.15, 0.2) is 0 Å². The molecule has 1 heterocycles. The predicted molar refractivity (Wildman–Crippen MR) is 45.6 cm³/mol. The lowest BCUT2D eigenvalue weighted by Crippen LogP contribution is -2.03. The maximum absolute atomic E-state index is 11.0. The van der Waals surface area contributed by atoms with Gasteiger partial charge in [-0.25, -0.2) is 4.79 Å². The number of esters is 1. The van der Waals surface area contributed by atoms with Crippen LogP contribution >= 0.6 is 11.3 Å². The second kappa shape index (κ2) is 4.51. The van der Waals surface area contributed by atoms with Crippen molar-refractivity contribution in [2.24, 2.45) is 0 Å². The fourth-order valence-corrected chi connectivity index (χ4v) is 1.20. The first-order valence-electron chi connectivity index (χ1n) is 3.48. The van der Waals surface area contributed by atoms with Crippen LogP contribution in [0, 0.1) is 0 Å². The number of carbonyl (C=O) groups excluding carboxylic acids is 2. The van der Waals surface area contributed by atoms with Crippen molar-refractivity contribution in [3.05, 3.63) is 5.01 Å². The molecule has 0 aliphatic heterocycles. The van der Waals surface area contributed by atoms with E-state index in [9.17, 15) is 9.59 Å². The fourth-order valence-electron chi connectivity index (χ4n) is 0.607. The van der Waals surface area contributed by atoms with Crippen LogP contribution in [-0.2, 0) is 9.53 Å². The number of carbonyl (C=O) groups is 2. The summed E-state index contributed by atoms with van der Waals surface area (Å²) < 4.78 is 4.67. The molecule has 0 saturated heterocycles. The molecule has 0 aliphatic rings. The maximum Gasteiger partial charge on any atom is 0.369 e. The third kappa shape index (κ3) is 2.48. The Morgan fingerprint density at radius 1 is 1.69 bits per heavy atom. The normalized spacial score (nSPS) is 9.31. The maximum atomic E-state index is 11.0. The minimum atomic E-state index is -0.529. The van der Waals surface area contributed by atoms with Gasteiger partial charge in [-0.05, 0) is 6.92 Å². The van der Waals surface area contributed by atoms with E-state index in [0.717, 1.165) is 11.3 Å². The Balaban J connectivity index is 2.67. The van der Waals surface area contributed by atoms with Crippen molar-refractivity contribution in [3.8, 4) is 0 Å². The van der Waals surface area contributed by atoms with Crippen molar-refractivity contribution in [2.45, 2.75) is 6.92 Å². The third-order valence-corrected chi connectivity index (χ3v) is 1.89. The van der Waals surface area contributed by atoms with E-state index in [-0.39, 0.29) is 16.7 Å². The predicted octanol–water partition coefficient (Wildman–Crippen LogP) is 0.283. The molecule has 0 aromatic carbocycles. The van der Waals surface area contributed by atoms with Crippen LogP contribution in [0.3, 0.4) is 0 Å². The number of hydrogen-bond donors (Lipinski definition) is 1. The van der Waals surface area contributed by atoms with E-state index in [1.54, 1.807) is 6.92 Å². The van der Waals surface area contributed by atoms with E-state index in [4.69, 9.17) is 0 Å². The number of amides is 1. The second-order valence-electron chi connectivity index (χ2n) is 1.90. The molecule has 0 aliphatic carbocycles. The Kier molecular flexibility index (Phi) is 3.32. The lowest BCUT2D eigenvalue weighted by molar-refractivity contribution is -0.105. The number of ether oxygens (including phenoxy) is 1. The van der Waals surface area contributed by atoms with Crippen LogP contribution in [-0.4, -0.2) is 29.2 Å². The molecule has 0 spiro atoms. The van der Waals surface area contributed by atoms with Crippen molar-refractivity contribution < 1.29 is 14.3 Å². The standard InChI is InChI=1S/C6H7N3O3S/c1-2-12-5(11)4-8-9-6(13-4)7-3-10/h3H,2H2,1H3,(H,7,9,10). The highest BCUT2D eigenvalue weighted by atomic mass is 32.1. The number of aromatic nitrogens is 2. The van der Waals surface area contributed by atoms with E-state index >= 15 is 0 Å². The summed E-state index contributed by atoms with van der Waals surface area (Å²) in [6.45, 7) is 1.98. The number of nitrogens with one attached hydrogen (secondary N) is 1. The smallest absolute Gasteiger partial charge is 0.369 e. The molecule has 7 heteroatoms. The Morgan fingerprint density at radius 2 is 2.46 bits per heavy atom. The lowest BCUT2D eigenvalue weighted by atomic mass is 10.7. The molecule has 13 heavy (non-hydrogen) atoms. The van der Waals surface area contributed by atoms with Gasteiger partial charge in [-0.2, -0.15) is 0 Å². The molecule has 0 atom stereocenters. The molecule has 0 fully saturated rings. The van der Waals surface area contributed by atoms with Crippen LogP contribution < -0.4 is 5.32 Å². The first-order valence-corrected chi connectivity index (χ1v) is 4.30. The molecule has 1 aromatic rings. The molecule has 0 unspecified atom stereocenters. The summed E-state index contributed by atoms with van der Waals surface area (Å²) in [6, 6.07) is 0. The lowest BCUT2D eigenvalue weighted by Gasteiger charge is -1.94. The zero-order valence-electron chi connectivity index (χ0n) is 6.81. The summed E-state index contributed by atoms with van der Waals surface area (Å²) in [5, 5.41) is 9.75. The minimum absolute atomic E-state index is 0.131. The summed E-state index contributed by atoms with van der Waals surface area (Å²) in [4.78, 5) is 21.0. The van der Waals surface area contributed by atoms with Crippen molar-refractivity contribution in [1.29, 1.82) is 0 Å². The van der Waals surface area contributed by atoms with E-state index in [1.807, 2.05) is 0 Å². The molecule has 0 bridgehead atoms. The first kappa shape index (κ1) is 9.59. The zero-order valence-corrected chi connectivity index (χ0v) is 7.63. The third-order valence-electron chi connectivity index (χ3n) is 1.06. The van der Waals surface area contributed by atoms with Gasteiger partial charge in [0, 0.05) is 0 Å². The molecule has 0 saturated carbocycles. The van der Waals surface area contributed by atoms with E-state index in [0.29, 0.717) is 6.41 Å². The van der Waals surface area contributed by atoms with Gasteiger partial charge < -0.3 is 10.1 Å². The molecule has 70 valence electrons. The van der Waals surface area contributed by atoms with Gasteiger partial charge in [-0.3, -0.25) is 4.79 Å². The van der Waals surface area contributed by atoms with Crippen LogP contribution in [0.4, 0.5) is 5.13 Å². The summed E-state index contributed by atoms with van der Waals surface area (Å²) in [5.74, 6) is -0.529. The van der Waals surface area contributed by atoms with Crippen molar-refractivity contribution in [2.75, 3.05) is 11.9 Å². The van der Waals surface area contributed by atoms with E-state index < -0.39 is 5.97 Å². The van der Waals surface area contributed by atoms with Gasteiger partial charge in [0.05, 0.1) is 6.61 Å². The average molecular weight is 201 g/mol. The SMILES string of the molecule is CCOC(=O)c1nnc(NC=O)s1. The van der Waals surface area contributed by atoms with Crippen molar-refractivity contribution >= 4 is 28.8 Å². The molecule has 6 nitrogen and oxygen atoms in total. The monoisotopic (exact) mass is 201 g/mol. The summed E-state index contributed by atoms with van der Waals surface area (Å²) in [5.41, 5.74) is 0. The molecule has 1 N–H and O–H groups in total. The van der Waals surface area contributed by atoms with Crippen molar-refractivity contribution in [1.82, 2.24) is 10.2 Å². The van der Waals surface area contributed by atoms with E-state index in [1.165, 1.54) is 0 Å². The Hall–Kier alpha value is -1.50. The van der Waals surface area contributed by atoms with Gasteiger partial charge >= 0.3 is 5.97 Å². The summed E-state index contributed by atoms with van der Waals surface area (Å²) in [7, 11) is 0. The number of nitrogens with zero attached hydrogens (tertiary/aromatic N) is 2. The topological polar surface area (TPSA) is 81.2 Å². The summed E-state index contributed by atoms with van der Waals surface area (Å²) in [6.07, 6.45) is 0.468. The Morgan fingerprint density at radius 3 is 3.08 bits per heavy atom. The van der Waals surface area contributed by atoms with Gasteiger partial charge in [0.25, 0.3) is 0 Å². The molecular formula is C6H7N3O3S. The number of rotatable bonds is 4. The fraction of sp³-hybridized carbons (Fsp3) is 0.333. The minimum Gasteiger partial charge on any atom is -0.461 e. The molecule has 1 aromatic heterocycles. The highest BCUT2D eigenvalue weighted by Crippen LogP contribution is 2.14. The van der Waals surface area contributed by atoms with Gasteiger partial charge in [-0.15, -0.1) is 10.2 Å². The molecule has 1 amide bonds.